The summed E-state index contributed by atoms with van der Waals surface area (Å²) in [5.74, 6) is 0. The number of carbonyl (C=O) groups is 1. The minimum Gasteiger partial charge on any atom is -0.437 e. The van der Waals surface area contributed by atoms with Crippen LogP contribution in [0.25, 0.3) is 0 Å². The Hall–Kier alpha value is -1.76. The zero-order chi connectivity index (χ0) is 20.5. The van der Waals surface area contributed by atoms with Crippen molar-refractivity contribution in [3.05, 3.63) is 34.9 Å². The Morgan fingerprint density at radius 1 is 1.14 bits per heavy atom. The van der Waals surface area contributed by atoms with Gasteiger partial charge in [-0.25, -0.2) is 4.79 Å². The van der Waals surface area contributed by atoms with Crippen molar-refractivity contribution in [1.29, 1.82) is 0 Å². The molecule has 0 bridgehead atoms. The van der Waals surface area contributed by atoms with E-state index in [4.69, 9.17) is 0 Å². The van der Waals surface area contributed by atoms with E-state index in [-0.39, 0.29) is 5.54 Å². The molecule has 0 aromatic heterocycles. The molecule has 1 aromatic carbocycles. The van der Waals surface area contributed by atoms with E-state index >= 15 is 0 Å². The van der Waals surface area contributed by atoms with Crippen molar-refractivity contribution in [2.45, 2.75) is 70.8 Å². The number of ether oxygens (including phenoxy) is 1. The maximum absolute atomic E-state index is 12.6. The highest BCUT2D eigenvalue weighted by atomic mass is 19.4. The number of alkyl halides is 3. The molecule has 0 saturated carbocycles. The summed E-state index contributed by atoms with van der Waals surface area (Å²) in [6.07, 6.45) is -3.75. The second-order valence-electron chi connectivity index (χ2n) is 8.22. The van der Waals surface area contributed by atoms with Crippen molar-refractivity contribution >= 4 is 6.09 Å². The number of carbonyl (C=O) groups excluding carboxylic acids is 1. The van der Waals surface area contributed by atoms with Crippen LogP contribution in [-0.2, 0) is 11.3 Å². The molecule has 0 radical (unpaired) electrons. The van der Waals surface area contributed by atoms with Crippen LogP contribution < -0.4 is 0 Å². The molecular weight excluding hydrogens is 369 g/mol. The van der Waals surface area contributed by atoms with Gasteiger partial charge in [0.15, 0.2) is 6.10 Å². The fraction of sp³-hybridized carbons (Fsp3) is 0.667. The Labute approximate surface area is 164 Å². The van der Waals surface area contributed by atoms with E-state index in [2.05, 4.69) is 41.7 Å². The quantitative estimate of drug-likeness (QED) is 0.732. The van der Waals surface area contributed by atoms with Gasteiger partial charge in [0.1, 0.15) is 0 Å². The zero-order valence-corrected chi connectivity index (χ0v) is 16.8. The number of hydrogen-bond donors (Lipinski definition) is 0. The lowest BCUT2D eigenvalue weighted by Gasteiger charge is -2.45. The van der Waals surface area contributed by atoms with Crippen molar-refractivity contribution in [2.75, 3.05) is 19.6 Å². The molecule has 0 N–H and O–H groups in total. The fourth-order valence-corrected chi connectivity index (χ4v) is 4.33. The predicted molar refractivity (Wildman–Crippen MR) is 101 cm³/mol. The van der Waals surface area contributed by atoms with Gasteiger partial charge in [-0.3, -0.25) is 4.90 Å². The summed E-state index contributed by atoms with van der Waals surface area (Å²) in [5, 5.41) is 0. The minimum absolute atomic E-state index is 0.0330. The molecule has 1 atom stereocenters. The van der Waals surface area contributed by atoms with Crippen LogP contribution in [0.4, 0.5) is 18.0 Å². The summed E-state index contributed by atoms with van der Waals surface area (Å²) < 4.78 is 42.5. The molecule has 1 spiro atoms. The van der Waals surface area contributed by atoms with E-state index in [1.165, 1.54) is 21.6 Å². The molecule has 1 unspecified atom stereocenters. The summed E-state index contributed by atoms with van der Waals surface area (Å²) in [6.45, 7) is 7.85. The molecule has 2 aliphatic rings. The van der Waals surface area contributed by atoms with Crippen LogP contribution in [0.2, 0.25) is 0 Å². The van der Waals surface area contributed by atoms with Crippen LogP contribution in [0.15, 0.2) is 18.2 Å². The van der Waals surface area contributed by atoms with Gasteiger partial charge in [0.2, 0.25) is 0 Å². The van der Waals surface area contributed by atoms with Gasteiger partial charge in [0.05, 0.1) is 0 Å². The first-order valence-corrected chi connectivity index (χ1v) is 9.94. The second-order valence-corrected chi connectivity index (χ2v) is 8.22. The van der Waals surface area contributed by atoms with Gasteiger partial charge in [-0.1, -0.05) is 18.2 Å². The third-order valence-corrected chi connectivity index (χ3v) is 6.38. The lowest BCUT2D eigenvalue weighted by molar-refractivity contribution is -0.200. The monoisotopic (exact) mass is 398 g/mol. The number of piperidine rings is 1. The van der Waals surface area contributed by atoms with Gasteiger partial charge in [-0.15, -0.1) is 0 Å². The maximum Gasteiger partial charge on any atom is 0.425 e. The molecule has 2 heterocycles. The van der Waals surface area contributed by atoms with Crippen molar-refractivity contribution in [2.24, 2.45) is 0 Å². The number of hydrogen-bond acceptors (Lipinski definition) is 3. The van der Waals surface area contributed by atoms with Crippen molar-refractivity contribution in [3.8, 4) is 0 Å². The number of likely N-dealkylation sites (tertiary alicyclic amines) is 2. The van der Waals surface area contributed by atoms with Gasteiger partial charge in [-0.05, 0) is 69.7 Å². The van der Waals surface area contributed by atoms with Crippen molar-refractivity contribution in [1.82, 2.24) is 9.80 Å². The average molecular weight is 398 g/mol. The standard InChI is InChI=1S/C21H29F3N2O2/c1-15-5-6-18(13-16(15)2)14-26-10-4-7-20(26)8-11-25(12-9-20)19(27)28-17(3)21(22,23)24/h5-6,13,17H,4,7-12,14H2,1-3H3. The molecule has 3 rings (SSSR count). The summed E-state index contributed by atoms with van der Waals surface area (Å²) in [5.41, 5.74) is 3.87. The fourth-order valence-electron chi connectivity index (χ4n) is 4.33. The highest BCUT2D eigenvalue weighted by Gasteiger charge is 2.45. The van der Waals surface area contributed by atoms with Gasteiger partial charge in [-0.2, -0.15) is 13.2 Å². The number of amides is 1. The van der Waals surface area contributed by atoms with E-state index in [1.54, 1.807) is 0 Å². The molecule has 2 aliphatic heterocycles. The zero-order valence-electron chi connectivity index (χ0n) is 16.8. The molecule has 28 heavy (non-hydrogen) atoms. The number of rotatable bonds is 3. The first-order chi connectivity index (χ1) is 13.1. The molecule has 1 aromatic rings. The molecule has 7 heteroatoms. The van der Waals surface area contributed by atoms with Crippen molar-refractivity contribution in [3.63, 3.8) is 0 Å². The lowest BCUT2D eigenvalue weighted by atomic mass is 9.85. The molecule has 156 valence electrons. The first kappa shape index (κ1) is 21.0. The molecular formula is C21H29F3N2O2. The normalized spacial score (nSPS) is 21.1. The smallest absolute Gasteiger partial charge is 0.425 e. The lowest BCUT2D eigenvalue weighted by Crippen LogP contribution is -2.53. The maximum atomic E-state index is 12.6. The average Bonchev–Trinajstić information content (AvgIpc) is 2.99. The minimum atomic E-state index is -4.53. The van der Waals surface area contributed by atoms with Crippen LogP contribution in [0.3, 0.4) is 0 Å². The summed E-state index contributed by atoms with van der Waals surface area (Å²) in [6, 6.07) is 6.54. The van der Waals surface area contributed by atoms with Crippen LogP contribution in [-0.4, -0.2) is 53.3 Å². The van der Waals surface area contributed by atoms with Crippen molar-refractivity contribution < 1.29 is 22.7 Å². The molecule has 2 saturated heterocycles. The van der Waals surface area contributed by atoms with Gasteiger partial charge < -0.3 is 9.64 Å². The Kier molecular flexibility index (Phi) is 5.94. The van der Waals surface area contributed by atoms with Gasteiger partial charge in [0, 0.05) is 25.2 Å². The van der Waals surface area contributed by atoms with Crippen LogP contribution in [0, 0.1) is 13.8 Å². The van der Waals surface area contributed by atoms with E-state index in [0.29, 0.717) is 13.1 Å². The number of aryl methyl sites for hydroxylation is 2. The summed E-state index contributed by atoms with van der Waals surface area (Å²) in [7, 11) is 0. The van der Waals surface area contributed by atoms with Crippen LogP contribution >= 0.6 is 0 Å². The molecule has 2 fully saturated rings. The highest BCUT2D eigenvalue weighted by molar-refractivity contribution is 5.68. The topological polar surface area (TPSA) is 32.8 Å². The molecule has 4 nitrogen and oxygen atoms in total. The first-order valence-electron chi connectivity index (χ1n) is 9.94. The Balaban J connectivity index is 1.60. The number of nitrogens with zero attached hydrogens (tertiary/aromatic N) is 2. The van der Waals surface area contributed by atoms with Gasteiger partial charge >= 0.3 is 12.3 Å². The third kappa shape index (κ3) is 4.45. The van der Waals surface area contributed by atoms with Crippen LogP contribution in [0.1, 0.15) is 49.3 Å². The van der Waals surface area contributed by atoms with Crippen LogP contribution in [0.5, 0.6) is 0 Å². The Bertz CT molecular complexity index is 712. The summed E-state index contributed by atoms with van der Waals surface area (Å²) >= 11 is 0. The SMILES string of the molecule is Cc1ccc(CN2CCCC23CCN(C(=O)OC(C)C(F)(F)F)CC3)cc1C. The van der Waals surface area contributed by atoms with E-state index in [9.17, 15) is 18.0 Å². The van der Waals surface area contributed by atoms with Gasteiger partial charge in [0.25, 0.3) is 0 Å². The van der Waals surface area contributed by atoms with E-state index in [1.807, 2.05) is 0 Å². The number of benzene rings is 1. The number of halogens is 3. The molecule has 1 amide bonds. The second kappa shape index (κ2) is 7.93. The van der Waals surface area contributed by atoms with E-state index in [0.717, 1.165) is 45.7 Å². The largest absolute Gasteiger partial charge is 0.437 e. The Morgan fingerprint density at radius 3 is 2.43 bits per heavy atom. The third-order valence-electron chi connectivity index (χ3n) is 6.38. The predicted octanol–water partition coefficient (Wildman–Crippen LogP) is 4.82. The Morgan fingerprint density at radius 2 is 1.82 bits per heavy atom. The van der Waals surface area contributed by atoms with E-state index < -0.39 is 18.4 Å². The molecule has 0 aliphatic carbocycles. The highest BCUT2D eigenvalue weighted by Crippen LogP contribution is 2.39. The summed E-state index contributed by atoms with van der Waals surface area (Å²) in [4.78, 5) is 16.0.